The summed E-state index contributed by atoms with van der Waals surface area (Å²) in [5.41, 5.74) is 2.21. The third-order valence-corrected chi connectivity index (χ3v) is 6.72. The van der Waals surface area contributed by atoms with Gasteiger partial charge in [-0.25, -0.2) is 4.79 Å². The molecule has 8 heteroatoms. The van der Waals surface area contributed by atoms with Gasteiger partial charge in [0.05, 0.1) is 38.4 Å². The zero-order valence-electron chi connectivity index (χ0n) is 19.8. The maximum absolute atomic E-state index is 13.4. The second-order valence-corrected chi connectivity index (χ2v) is 8.60. The van der Waals surface area contributed by atoms with E-state index in [-0.39, 0.29) is 29.5 Å². The highest BCUT2D eigenvalue weighted by Gasteiger charge is 2.34. The summed E-state index contributed by atoms with van der Waals surface area (Å²) in [6, 6.07) is 10.9. The van der Waals surface area contributed by atoms with Crippen molar-refractivity contribution in [2.24, 2.45) is 5.92 Å². The number of ether oxygens (including phenoxy) is 3. The number of nitrogens with one attached hydrogen (secondary N) is 1. The number of carbonyl (C=O) groups excluding carboxylic acids is 1. The van der Waals surface area contributed by atoms with Crippen molar-refractivity contribution in [3.8, 4) is 17.2 Å². The van der Waals surface area contributed by atoms with Crippen molar-refractivity contribution in [1.82, 2.24) is 14.5 Å². The van der Waals surface area contributed by atoms with E-state index in [1.54, 1.807) is 12.1 Å². The molecule has 3 aromatic rings. The molecule has 176 valence electrons. The molecular formula is C25H31N3O5. The SMILES string of the molecule is COc1cc(C(=O)C(C)N2CC[C@@H](n3c(=O)[nH]c4ccccc43)[C@@H](C)C2)cc(OC)c1OC. The maximum atomic E-state index is 13.4. The number of likely N-dealkylation sites (tertiary alicyclic amines) is 1. The molecule has 0 saturated carbocycles. The van der Waals surface area contributed by atoms with Crippen LogP contribution in [-0.2, 0) is 0 Å². The van der Waals surface area contributed by atoms with Crippen LogP contribution in [0, 0.1) is 5.92 Å². The van der Waals surface area contributed by atoms with Crippen molar-refractivity contribution in [3.63, 3.8) is 0 Å². The standard InChI is InChI=1S/C25H31N3O5/c1-15-14-27(11-10-19(15)28-20-9-7-6-8-18(20)26-25(28)30)16(2)23(29)17-12-21(31-3)24(33-5)22(13-17)32-4/h6-9,12-13,15-16,19H,10-11,14H2,1-5H3,(H,26,30)/t15-,16?,19+/m0/s1. The number of methoxy groups -OCH3 is 3. The number of nitrogens with zero attached hydrogens (tertiary/aromatic N) is 2. The van der Waals surface area contributed by atoms with Crippen LogP contribution in [0.25, 0.3) is 11.0 Å². The van der Waals surface area contributed by atoms with Crippen LogP contribution in [0.5, 0.6) is 17.2 Å². The quantitative estimate of drug-likeness (QED) is 0.551. The first-order valence-corrected chi connectivity index (χ1v) is 11.2. The molecule has 1 unspecified atom stereocenters. The molecular weight excluding hydrogens is 422 g/mol. The van der Waals surface area contributed by atoms with Crippen LogP contribution >= 0.6 is 0 Å². The van der Waals surface area contributed by atoms with Crippen LogP contribution < -0.4 is 19.9 Å². The lowest BCUT2D eigenvalue weighted by atomic mass is 9.91. The lowest BCUT2D eigenvalue weighted by Crippen LogP contribution is -2.48. The number of H-pyrrole nitrogens is 1. The first-order valence-electron chi connectivity index (χ1n) is 11.2. The molecule has 1 saturated heterocycles. The van der Waals surface area contributed by atoms with E-state index in [9.17, 15) is 9.59 Å². The Kier molecular flexibility index (Phi) is 6.47. The predicted molar refractivity (Wildman–Crippen MR) is 127 cm³/mol. The van der Waals surface area contributed by atoms with Crippen LogP contribution in [-0.4, -0.2) is 60.7 Å². The highest BCUT2D eigenvalue weighted by molar-refractivity contribution is 6.01. The summed E-state index contributed by atoms with van der Waals surface area (Å²) in [4.78, 5) is 31.2. The van der Waals surface area contributed by atoms with E-state index < -0.39 is 0 Å². The molecule has 0 aliphatic carbocycles. The molecule has 2 aromatic carbocycles. The van der Waals surface area contributed by atoms with Crippen molar-refractivity contribution in [3.05, 3.63) is 52.4 Å². The fourth-order valence-corrected chi connectivity index (χ4v) is 4.93. The van der Waals surface area contributed by atoms with E-state index >= 15 is 0 Å². The van der Waals surface area contributed by atoms with Gasteiger partial charge in [0.2, 0.25) is 5.75 Å². The highest BCUT2D eigenvalue weighted by atomic mass is 16.5. The number of piperidine rings is 1. The van der Waals surface area contributed by atoms with Crippen molar-refractivity contribution < 1.29 is 19.0 Å². The first-order chi connectivity index (χ1) is 15.9. The van der Waals surface area contributed by atoms with Crippen molar-refractivity contribution in [2.75, 3.05) is 34.4 Å². The number of para-hydroxylation sites is 2. The number of hydrogen-bond acceptors (Lipinski definition) is 6. The molecule has 1 N–H and O–H groups in total. The van der Waals surface area contributed by atoms with E-state index in [1.165, 1.54) is 21.3 Å². The number of Topliss-reactive ketones (excluding diaryl/α,β-unsaturated/α-hetero) is 1. The molecule has 33 heavy (non-hydrogen) atoms. The number of imidazole rings is 1. The smallest absolute Gasteiger partial charge is 0.326 e. The minimum absolute atomic E-state index is 0.0100. The van der Waals surface area contributed by atoms with Gasteiger partial charge in [0.25, 0.3) is 0 Å². The molecule has 1 aliphatic heterocycles. The van der Waals surface area contributed by atoms with Gasteiger partial charge < -0.3 is 19.2 Å². The third kappa shape index (κ3) is 4.11. The fourth-order valence-electron chi connectivity index (χ4n) is 4.93. The molecule has 1 fully saturated rings. The predicted octanol–water partition coefficient (Wildman–Crippen LogP) is 3.51. The molecule has 0 spiro atoms. The summed E-state index contributed by atoms with van der Waals surface area (Å²) >= 11 is 0. The summed E-state index contributed by atoms with van der Waals surface area (Å²) in [6.45, 7) is 5.50. The Labute approximate surface area is 193 Å². The average Bonchev–Trinajstić information content (AvgIpc) is 3.17. The molecule has 0 bridgehead atoms. The van der Waals surface area contributed by atoms with Crippen molar-refractivity contribution in [1.29, 1.82) is 0 Å². The van der Waals surface area contributed by atoms with Gasteiger partial charge in [0, 0.05) is 24.7 Å². The largest absolute Gasteiger partial charge is 0.493 e. The molecule has 0 radical (unpaired) electrons. The van der Waals surface area contributed by atoms with E-state index in [2.05, 4.69) is 16.8 Å². The molecule has 1 aliphatic rings. The molecule has 3 atom stereocenters. The number of aromatic amines is 1. The Balaban J connectivity index is 1.54. The number of rotatable bonds is 7. The summed E-state index contributed by atoms with van der Waals surface area (Å²) in [5, 5.41) is 0. The van der Waals surface area contributed by atoms with Crippen molar-refractivity contribution in [2.45, 2.75) is 32.4 Å². The minimum Gasteiger partial charge on any atom is -0.493 e. The number of benzene rings is 2. The second kappa shape index (κ2) is 9.31. The van der Waals surface area contributed by atoms with Gasteiger partial charge in [-0.15, -0.1) is 0 Å². The number of hydrogen-bond donors (Lipinski definition) is 1. The van der Waals surface area contributed by atoms with E-state index in [1.807, 2.05) is 35.8 Å². The molecule has 0 amide bonds. The Morgan fingerprint density at radius 2 is 1.76 bits per heavy atom. The molecule has 8 nitrogen and oxygen atoms in total. The normalized spacial score (nSPS) is 19.9. The summed E-state index contributed by atoms with van der Waals surface area (Å²) in [6.07, 6.45) is 0.787. The van der Waals surface area contributed by atoms with Crippen molar-refractivity contribution >= 4 is 16.8 Å². The highest BCUT2D eigenvalue weighted by Crippen LogP contribution is 2.39. The minimum atomic E-state index is -0.323. The van der Waals surface area contributed by atoms with Gasteiger partial charge in [0.15, 0.2) is 17.3 Å². The number of aromatic nitrogens is 2. The van der Waals surface area contributed by atoms with Crippen LogP contribution in [0.15, 0.2) is 41.2 Å². The Hall–Kier alpha value is -3.26. The Bertz CT molecular complexity index is 1190. The van der Waals surface area contributed by atoms with Crippen LogP contribution in [0.3, 0.4) is 0 Å². The lowest BCUT2D eigenvalue weighted by Gasteiger charge is -2.40. The monoisotopic (exact) mass is 453 g/mol. The topological polar surface area (TPSA) is 85.8 Å². The van der Waals surface area contributed by atoms with Crippen LogP contribution in [0.2, 0.25) is 0 Å². The molecule has 1 aromatic heterocycles. The third-order valence-electron chi connectivity index (χ3n) is 6.72. The van der Waals surface area contributed by atoms with Gasteiger partial charge in [-0.05, 0) is 43.5 Å². The average molecular weight is 454 g/mol. The van der Waals surface area contributed by atoms with Crippen LogP contribution in [0.4, 0.5) is 0 Å². The van der Waals surface area contributed by atoms with Crippen LogP contribution in [0.1, 0.15) is 36.7 Å². The maximum Gasteiger partial charge on any atom is 0.326 e. The van der Waals surface area contributed by atoms with Gasteiger partial charge in [-0.2, -0.15) is 0 Å². The first kappa shape index (κ1) is 22.9. The number of ketones is 1. The Morgan fingerprint density at radius 3 is 2.36 bits per heavy atom. The van der Waals surface area contributed by atoms with E-state index in [4.69, 9.17) is 14.2 Å². The molecule has 2 heterocycles. The summed E-state index contributed by atoms with van der Waals surface area (Å²) in [5.74, 6) is 1.56. The van der Waals surface area contributed by atoms with Gasteiger partial charge in [-0.1, -0.05) is 19.1 Å². The zero-order chi connectivity index (χ0) is 23.7. The van der Waals surface area contributed by atoms with E-state index in [0.717, 1.165) is 24.0 Å². The number of fused-ring (bicyclic) bond motifs is 1. The Morgan fingerprint density at radius 1 is 1.09 bits per heavy atom. The lowest BCUT2D eigenvalue weighted by molar-refractivity contribution is 0.0681. The summed E-state index contributed by atoms with van der Waals surface area (Å²) < 4.78 is 18.1. The zero-order valence-corrected chi connectivity index (χ0v) is 19.8. The fraction of sp³-hybridized carbons (Fsp3) is 0.440. The van der Waals surface area contributed by atoms with Gasteiger partial charge in [0.1, 0.15) is 0 Å². The number of carbonyl (C=O) groups is 1. The van der Waals surface area contributed by atoms with Gasteiger partial charge in [-0.3, -0.25) is 14.3 Å². The van der Waals surface area contributed by atoms with E-state index in [0.29, 0.717) is 29.4 Å². The van der Waals surface area contributed by atoms with Gasteiger partial charge >= 0.3 is 5.69 Å². The molecule has 4 rings (SSSR count). The second-order valence-electron chi connectivity index (χ2n) is 8.60. The summed E-state index contributed by atoms with van der Waals surface area (Å²) in [7, 11) is 4.61.